The number of unbranched alkanes of at least 4 members (excludes halogenated alkanes) is 7. The van der Waals surface area contributed by atoms with E-state index < -0.39 is 38.6 Å². The molecule has 0 heterocycles. The van der Waals surface area contributed by atoms with Gasteiger partial charge in [0.1, 0.15) is 19.8 Å². The first kappa shape index (κ1) is 57.6. The Hall–Kier alpha value is -3.37. The third-order valence-corrected chi connectivity index (χ3v) is 9.86. The lowest BCUT2D eigenvalue weighted by molar-refractivity contribution is -0.870. The summed E-state index contributed by atoms with van der Waals surface area (Å²) in [5.41, 5.74) is 0. The monoisotopic (exact) mass is 872 g/mol. The first-order valence-corrected chi connectivity index (χ1v) is 24.2. The molecule has 0 aliphatic carbocycles. The number of allylic oxidation sites excluding steroid dienone is 17. The van der Waals surface area contributed by atoms with Gasteiger partial charge in [-0.3, -0.25) is 14.2 Å². The summed E-state index contributed by atoms with van der Waals surface area (Å²) in [7, 11) is 0.976. The van der Waals surface area contributed by atoms with Crippen LogP contribution in [0, 0.1) is 0 Å². The molecular formula is C50H82NO9P. The number of quaternary nitrogens is 1. The summed E-state index contributed by atoms with van der Waals surface area (Å²) in [5.74, 6) is -1.19. The number of esters is 2. The fraction of sp³-hybridized carbons (Fsp3) is 0.600. The lowest BCUT2D eigenvalue weighted by atomic mass is 10.1. The molecule has 61 heavy (non-hydrogen) atoms. The van der Waals surface area contributed by atoms with Gasteiger partial charge in [-0.1, -0.05) is 155 Å². The van der Waals surface area contributed by atoms with E-state index in [2.05, 4.69) is 92.8 Å². The third kappa shape index (κ3) is 44.5. The van der Waals surface area contributed by atoms with Crippen molar-refractivity contribution in [2.45, 2.75) is 148 Å². The van der Waals surface area contributed by atoms with Crippen molar-refractivity contribution in [1.29, 1.82) is 0 Å². The smallest absolute Gasteiger partial charge is 0.306 e. The molecule has 0 aliphatic rings. The minimum Gasteiger partial charge on any atom is -0.756 e. The topological polar surface area (TPSA) is 131 Å². The van der Waals surface area contributed by atoms with Gasteiger partial charge >= 0.3 is 11.9 Å². The number of ether oxygens (including phenoxy) is 2. The van der Waals surface area contributed by atoms with E-state index in [0.717, 1.165) is 51.4 Å². The first-order valence-electron chi connectivity index (χ1n) is 22.7. The van der Waals surface area contributed by atoms with Gasteiger partial charge in [0.05, 0.1) is 33.9 Å². The lowest BCUT2D eigenvalue weighted by Gasteiger charge is -2.28. The Kier molecular flexibility index (Phi) is 38.4. The predicted molar refractivity (Wildman–Crippen MR) is 251 cm³/mol. The summed E-state index contributed by atoms with van der Waals surface area (Å²) in [5, 5.41) is 10.4. The molecule has 2 unspecified atom stereocenters. The van der Waals surface area contributed by atoms with Crippen LogP contribution in [0.1, 0.15) is 136 Å². The van der Waals surface area contributed by atoms with E-state index in [9.17, 15) is 24.2 Å². The van der Waals surface area contributed by atoms with Crippen LogP contribution in [0.25, 0.3) is 0 Å². The summed E-state index contributed by atoms with van der Waals surface area (Å²) < 4.78 is 33.6. The van der Waals surface area contributed by atoms with Gasteiger partial charge in [0.15, 0.2) is 6.10 Å². The van der Waals surface area contributed by atoms with E-state index in [1.165, 1.54) is 38.5 Å². The molecule has 0 aromatic rings. The van der Waals surface area contributed by atoms with Gasteiger partial charge < -0.3 is 33.0 Å². The predicted octanol–water partition coefficient (Wildman–Crippen LogP) is 11.5. The molecule has 0 saturated carbocycles. The maximum absolute atomic E-state index is 12.7. The fourth-order valence-corrected chi connectivity index (χ4v) is 6.04. The van der Waals surface area contributed by atoms with E-state index in [-0.39, 0.29) is 32.5 Å². The Morgan fingerprint density at radius 3 is 1.72 bits per heavy atom. The molecule has 0 aliphatic heterocycles. The molecule has 0 bridgehead atoms. The van der Waals surface area contributed by atoms with Crippen molar-refractivity contribution in [3.8, 4) is 0 Å². The number of hydrogen-bond acceptors (Lipinski definition) is 9. The average molecular weight is 872 g/mol. The molecule has 346 valence electrons. The largest absolute Gasteiger partial charge is 0.756 e. The quantitative estimate of drug-likeness (QED) is 0.0160. The van der Waals surface area contributed by atoms with Crippen molar-refractivity contribution in [1.82, 2.24) is 0 Å². The Balaban J connectivity index is 4.69. The molecular weight excluding hydrogens is 790 g/mol. The SMILES string of the molecule is CC/C=C\C/C=C\C/C=C\C/C=C\C/C=C\C=C/C(O)CCC(=O)O[C@H](COC(=O)CCC/C=C\C/C=C\C/C=C\CCCCCCCC)COP(=O)([O-])OCC[N+](C)(C)C. The Morgan fingerprint density at radius 2 is 1.15 bits per heavy atom. The molecule has 0 amide bonds. The zero-order chi connectivity index (χ0) is 45.1. The second-order valence-electron chi connectivity index (χ2n) is 15.9. The number of hydrogen-bond donors (Lipinski definition) is 1. The Labute approximate surface area is 370 Å². The number of phosphoric ester groups is 1. The number of aliphatic hydroxyl groups is 1. The third-order valence-electron chi connectivity index (χ3n) is 8.89. The number of aliphatic hydroxyl groups excluding tert-OH is 1. The van der Waals surface area contributed by atoms with Gasteiger partial charge in [0.2, 0.25) is 0 Å². The molecule has 0 rings (SSSR count). The van der Waals surface area contributed by atoms with E-state index in [1.54, 1.807) is 12.2 Å². The van der Waals surface area contributed by atoms with Crippen LogP contribution in [0.15, 0.2) is 109 Å². The van der Waals surface area contributed by atoms with Crippen LogP contribution in [0.5, 0.6) is 0 Å². The van der Waals surface area contributed by atoms with Gasteiger partial charge in [-0.05, 0) is 77.0 Å². The van der Waals surface area contributed by atoms with E-state index in [0.29, 0.717) is 23.9 Å². The Morgan fingerprint density at radius 1 is 0.623 bits per heavy atom. The van der Waals surface area contributed by atoms with Gasteiger partial charge in [-0.25, -0.2) is 0 Å². The highest BCUT2D eigenvalue weighted by Crippen LogP contribution is 2.38. The summed E-state index contributed by atoms with van der Waals surface area (Å²) in [4.78, 5) is 37.6. The summed E-state index contributed by atoms with van der Waals surface area (Å²) in [6.07, 6.45) is 51.7. The molecule has 0 radical (unpaired) electrons. The molecule has 11 heteroatoms. The van der Waals surface area contributed by atoms with Crippen LogP contribution in [-0.4, -0.2) is 81.2 Å². The average Bonchev–Trinajstić information content (AvgIpc) is 3.21. The second kappa shape index (κ2) is 40.7. The standard InChI is InChI=1S/C50H82NO9P/c1-6-8-10-12-14-16-18-20-22-24-26-28-30-32-34-36-38-40-49(53)57-45-48(46-59-61(55,56)58-44-43-51(3,4)5)60-50(54)42-41-47(52)39-37-35-33-31-29-27-25-23-21-19-17-15-13-11-9-7-2/h9,11,15,17,20-23,26-29,32-35,37,39,47-48,52H,6-8,10,12-14,16,18-19,24-25,30-31,36,38,40-46H2,1-5H3/b11-9-,17-15-,22-20-,23-21-,28-26-,29-27-,34-32-,35-33-,39-37-/t47?,48-/m1/s1. The molecule has 10 nitrogen and oxygen atoms in total. The zero-order valence-electron chi connectivity index (χ0n) is 38.4. The van der Waals surface area contributed by atoms with Crippen LogP contribution in [0.4, 0.5) is 0 Å². The van der Waals surface area contributed by atoms with Crippen molar-refractivity contribution in [3.63, 3.8) is 0 Å². The molecule has 0 saturated heterocycles. The van der Waals surface area contributed by atoms with Crippen molar-refractivity contribution >= 4 is 19.8 Å². The molecule has 0 spiro atoms. The van der Waals surface area contributed by atoms with Crippen LogP contribution >= 0.6 is 7.82 Å². The van der Waals surface area contributed by atoms with Crippen molar-refractivity contribution < 1.29 is 47.2 Å². The van der Waals surface area contributed by atoms with Gasteiger partial charge in [0, 0.05) is 12.8 Å². The maximum Gasteiger partial charge on any atom is 0.306 e. The first-order chi connectivity index (χ1) is 29.4. The van der Waals surface area contributed by atoms with Crippen molar-refractivity contribution in [3.05, 3.63) is 109 Å². The number of rotatable bonds is 39. The highest BCUT2D eigenvalue weighted by Gasteiger charge is 2.22. The number of phosphoric acid groups is 1. The number of carbonyl (C=O) groups excluding carboxylic acids is 2. The minimum atomic E-state index is -4.71. The van der Waals surface area contributed by atoms with Crippen LogP contribution in [0.3, 0.4) is 0 Å². The van der Waals surface area contributed by atoms with E-state index in [4.69, 9.17) is 18.5 Å². The number of carbonyl (C=O) groups is 2. The normalized spacial score (nSPS) is 15.1. The molecule has 0 fully saturated rings. The zero-order valence-corrected chi connectivity index (χ0v) is 39.3. The summed E-state index contributed by atoms with van der Waals surface area (Å²) in [6.45, 7) is 3.74. The van der Waals surface area contributed by atoms with Crippen LogP contribution in [0.2, 0.25) is 0 Å². The van der Waals surface area contributed by atoms with Crippen molar-refractivity contribution in [2.24, 2.45) is 0 Å². The summed E-state index contributed by atoms with van der Waals surface area (Å²) >= 11 is 0. The highest BCUT2D eigenvalue weighted by molar-refractivity contribution is 7.45. The summed E-state index contributed by atoms with van der Waals surface area (Å²) in [6, 6.07) is 0. The maximum atomic E-state index is 12.7. The highest BCUT2D eigenvalue weighted by atomic mass is 31.2. The molecule has 3 atom stereocenters. The van der Waals surface area contributed by atoms with Crippen molar-refractivity contribution in [2.75, 3.05) is 47.5 Å². The van der Waals surface area contributed by atoms with Gasteiger partial charge in [-0.15, -0.1) is 0 Å². The molecule has 0 aromatic carbocycles. The lowest BCUT2D eigenvalue weighted by Crippen LogP contribution is -2.37. The Bertz CT molecular complexity index is 1420. The van der Waals surface area contributed by atoms with E-state index >= 15 is 0 Å². The number of likely N-dealkylation sites (N-methyl/N-ethyl adjacent to an activating group) is 1. The fourth-order valence-electron chi connectivity index (χ4n) is 5.31. The van der Waals surface area contributed by atoms with Gasteiger partial charge in [0.25, 0.3) is 7.82 Å². The van der Waals surface area contributed by atoms with Crippen LogP contribution in [-0.2, 0) is 32.7 Å². The molecule has 0 aromatic heterocycles. The number of nitrogens with zero attached hydrogens (tertiary/aromatic N) is 1. The minimum absolute atomic E-state index is 0.0846. The van der Waals surface area contributed by atoms with Gasteiger partial charge in [-0.2, -0.15) is 0 Å². The second-order valence-corrected chi connectivity index (χ2v) is 17.3. The molecule has 1 N–H and O–H groups in total. The van der Waals surface area contributed by atoms with Crippen LogP contribution < -0.4 is 4.89 Å². The van der Waals surface area contributed by atoms with E-state index in [1.807, 2.05) is 39.4 Å².